The first-order chi connectivity index (χ1) is 8.61. The lowest BCUT2D eigenvalue weighted by Gasteiger charge is -2.12. The lowest BCUT2D eigenvalue weighted by molar-refractivity contribution is -0.138. The van der Waals surface area contributed by atoms with Crippen LogP contribution in [0.25, 0.3) is 0 Å². The fraction of sp³-hybridized carbons (Fsp3) is 0.692. The number of ether oxygens (including phenoxy) is 1. The van der Waals surface area contributed by atoms with Gasteiger partial charge in [-0.05, 0) is 19.8 Å². The van der Waals surface area contributed by atoms with Gasteiger partial charge in [0.1, 0.15) is 0 Å². The van der Waals surface area contributed by atoms with Gasteiger partial charge in [-0.1, -0.05) is 26.8 Å². The molecule has 0 saturated carbocycles. The van der Waals surface area contributed by atoms with Crippen molar-refractivity contribution in [3.63, 3.8) is 0 Å². The SMILES string of the molecule is C/C=C(/C(=O)OCC)C(=NC)C(F)(F)F.CC(C)C. The standard InChI is InChI=1S/C9H12F3NO2.C4H10/c1-4-6(8(14)15-5-2)7(13-3)9(10,11)12;1-4(2)3/h4H,5H2,1-3H3;4H,1-3H3/b6-4+,13-7?;. The van der Waals surface area contributed by atoms with Gasteiger partial charge in [-0.25, -0.2) is 4.79 Å². The Labute approximate surface area is 112 Å². The van der Waals surface area contributed by atoms with Crippen LogP contribution in [0.1, 0.15) is 34.6 Å². The van der Waals surface area contributed by atoms with Crippen LogP contribution in [0.15, 0.2) is 16.6 Å². The van der Waals surface area contributed by atoms with E-state index in [-0.39, 0.29) is 6.61 Å². The molecule has 0 rings (SSSR count). The van der Waals surface area contributed by atoms with E-state index >= 15 is 0 Å². The monoisotopic (exact) mass is 281 g/mol. The van der Waals surface area contributed by atoms with E-state index in [9.17, 15) is 18.0 Å². The second-order valence-electron chi connectivity index (χ2n) is 4.22. The molecule has 0 aliphatic rings. The number of allylic oxidation sites excluding steroid dienone is 1. The molecule has 0 N–H and O–H groups in total. The zero-order valence-corrected chi connectivity index (χ0v) is 12.3. The number of carbonyl (C=O) groups is 1. The Bertz CT molecular complexity index is 329. The van der Waals surface area contributed by atoms with Gasteiger partial charge in [-0.15, -0.1) is 0 Å². The average Bonchev–Trinajstić information content (AvgIpc) is 2.23. The summed E-state index contributed by atoms with van der Waals surface area (Å²) in [5, 5.41) is 0. The fourth-order valence-electron chi connectivity index (χ4n) is 0.960. The molecule has 0 aliphatic heterocycles. The van der Waals surface area contributed by atoms with Crippen molar-refractivity contribution in [2.24, 2.45) is 10.9 Å². The summed E-state index contributed by atoms with van der Waals surface area (Å²) in [7, 11) is 0.978. The minimum absolute atomic E-state index is 0.0189. The third kappa shape index (κ3) is 9.27. The molecule has 0 bridgehead atoms. The summed E-state index contributed by atoms with van der Waals surface area (Å²) < 4.78 is 41.6. The topological polar surface area (TPSA) is 38.7 Å². The Kier molecular flexibility index (Phi) is 10.1. The van der Waals surface area contributed by atoms with E-state index in [0.29, 0.717) is 0 Å². The second-order valence-corrected chi connectivity index (χ2v) is 4.22. The third-order valence-electron chi connectivity index (χ3n) is 1.53. The molecule has 112 valence electrons. The summed E-state index contributed by atoms with van der Waals surface area (Å²) >= 11 is 0. The normalized spacial score (nSPS) is 12.9. The summed E-state index contributed by atoms with van der Waals surface area (Å²) in [6, 6.07) is 0. The van der Waals surface area contributed by atoms with Gasteiger partial charge >= 0.3 is 12.1 Å². The smallest absolute Gasteiger partial charge is 0.433 e. The second kappa shape index (κ2) is 9.58. The number of halogens is 3. The highest BCUT2D eigenvalue weighted by atomic mass is 19.4. The zero-order chi connectivity index (χ0) is 15.6. The van der Waals surface area contributed by atoms with Crippen LogP contribution < -0.4 is 0 Å². The van der Waals surface area contributed by atoms with Crippen molar-refractivity contribution < 1.29 is 22.7 Å². The maximum absolute atomic E-state index is 12.4. The van der Waals surface area contributed by atoms with E-state index in [0.717, 1.165) is 19.0 Å². The fourth-order valence-corrected chi connectivity index (χ4v) is 0.960. The maximum atomic E-state index is 12.4. The molecule has 0 saturated heterocycles. The Hall–Kier alpha value is -1.33. The van der Waals surface area contributed by atoms with Gasteiger partial charge in [0.2, 0.25) is 0 Å². The average molecular weight is 281 g/mol. The van der Waals surface area contributed by atoms with Crippen LogP contribution in [-0.2, 0) is 9.53 Å². The van der Waals surface area contributed by atoms with Gasteiger partial charge in [0, 0.05) is 7.05 Å². The van der Waals surface area contributed by atoms with Crippen molar-refractivity contribution >= 4 is 11.7 Å². The Morgan fingerprint density at radius 1 is 1.32 bits per heavy atom. The lowest BCUT2D eigenvalue weighted by atomic mass is 10.1. The Morgan fingerprint density at radius 3 is 1.95 bits per heavy atom. The quantitative estimate of drug-likeness (QED) is 0.448. The first-order valence-electron chi connectivity index (χ1n) is 5.99. The molecular weight excluding hydrogens is 259 g/mol. The van der Waals surface area contributed by atoms with Gasteiger partial charge in [0.15, 0.2) is 5.71 Å². The van der Waals surface area contributed by atoms with Crippen molar-refractivity contribution in [3.05, 3.63) is 11.6 Å². The molecule has 0 unspecified atom stereocenters. The van der Waals surface area contributed by atoms with Crippen LogP contribution in [0.5, 0.6) is 0 Å². The van der Waals surface area contributed by atoms with Crippen LogP contribution in [0.2, 0.25) is 0 Å². The summed E-state index contributed by atoms with van der Waals surface area (Å²) in [4.78, 5) is 14.2. The number of carbonyl (C=O) groups excluding carboxylic acids is 1. The first-order valence-corrected chi connectivity index (χ1v) is 5.99. The molecule has 6 heteroatoms. The number of alkyl halides is 3. The summed E-state index contributed by atoms with van der Waals surface area (Å²) in [6.07, 6.45) is -3.61. The number of hydrogen-bond donors (Lipinski definition) is 0. The number of rotatable bonds is 3. The van der Waals surface area contributed by atoms with Gasteiger partial charge in [-0.3, -0.25) is 4.99 Å². The molecule has 0 aliphatic carbocycles. The Morgan fingerprint density at radius 2 is 1.74 bits per heavy atom. The third-order valence-corrected chi connectivity index (χ3v) is 1.53. The number of esters is 1. The first kappa shape index (κ1) is 20.0. The predicted molar refractivity (Wildman–Crippen MR) is 70.3 cm³/mol. The van der Waals surface area contributed by atoms with Crippen LogP contribution in [0, 0.1) is 5.92 Å². The van der Waals surface area contributed by atoms with E-state index < -0.39 is 23.4 Å². The van der Waals surface area contributed by atoms with E-state index in [1.54, 1.807) is 0 Å². The van der Waals surface area contributed by atoms with Crippen molar-refractivity contribution in [2.75, 3.05) is 13.7 Å². The van der Waals surface area contributed by atoms with Gasteiger partial charge in [0.25, 0.3) is 0 Å². The molecule has 0 aromatic carbocycles. The van der Waals surface area contributed by atoms with Crippen LogP contribution in [0.4, 0.5) is 13.2 Å². The minimum Gasteiger partial charge on any atom is -0.462 e. The van der Waals surface area contributed by atoms with Crippen LogP contribution in [-0.4, -0.2) is 31.5 Å². The van der Waals surface area contributed by atoms with Gasteiger partial charge in [0.05, 0.1) is 12.2 Å². The molecule has 0 atom stereocenters. The summed E-state index contributed by atoms with van der Waals surface area (Å²) in [6.45, 7) is 9.36. The van der Waals surface area contributed by atoms with Crippen LogP contribution >= 0.6 is 0 Å². The number of hydrogen-bond acceptors (Lipinski definition) is 3. The highest BCUT2D eigenvalue weighted by Gasteiger charge is 2.40. The largest absolute Gasteiger partial charge is 0.462 e. The highest BCUT2D eigenvalue weighted by molar-refractivity contribution is 6.21. The molecule has 3 nitrogen and oxygen atoms in total. The van der Waals surface area contributed by atoms with Crippen molar-refractivity contribution in [1.82, 2.24) is 0 Å². The lowest BCUT2D eigenvalue weighted by Crippen LogP contribution is -2.29. The van der Waals surface area contributed by atoms with E-state index in [1.165, 1.54) is 13.8 Å². The zero-order valence-electron chi connectivity index (χ0n) is 12.3. The van der Waals surface area contributed by atoms with Crippen LogP contribution in [0.3, 0.4) is 0 Å². The molecular formula is C13H22F3NO2. The number of aliphatic imine (C=N–C) groups is 1. The predicted octanol–water partition coefficient (Wildman–Crippen LogP) is 3.79. The molecule has 0 aromatic heterocycles. The maximum Gasteiger partial charge on any atom is 0.433 e. The summed E-state index contributed by atoms with van der Waals surface area (Å²) in [5.74, 6) is -0.182. The van der Waals surface area contributed by atoms with E-state index in [1.807, 2.05) is 0 Å². The molecule has 0 fully saturated rings. The van der Waals surface area contributed by atoms with Gasteiger partial charge < -0.3 is 4.74 Å². The van der Waals surface area contributed by atoms with Crippen molar-refractivity contribution in [2.45, 2.75) is 40.8 Å². The minimum atomic E-state index is -4.65. The highest BCUT2D eigenvalue weighted by Crippen LogP contribution is 2.22. The van der Waals surface area contributed by atoms with Crippen molar-refractivity contribution in [3.8, 4) is 0 Å². The molecule has 0 heterocycles. The van der Waals surface area contributed by atoms with E-state index in [4.69, 9.17) is 0 Å². The summed E-state index contributed by atoms with van der Waals surface area (Å²) in [5.41, 5.74) is -1.78. The molecule has 0 amide bonds. The Balaban J connectivity index is 0. The molecule has 0 aromatic rings. The molecule has 0 spiro atoms. The van der Waals surface area contributed by atoms with Crippen molar-refractivity contribution in [1.29, 1.82) is 0 Å². The molecule has 0 radical (unpaired) electrons. The van der Waals surface area contributed by atoms with Gasteiger partial charge in [-0.2, -0.15) is 13.2 Å². The molecule has 19 heavy (non-hydrogen) atoms. The number of nitrogens with zero attached hydrogens (tertiary/aromatic N) is 1. The van der Waals surface area contributed by atoms with E-state index in [2.05, 4.69) is 30.5 Å².